The van der Waals surface area contributed by atoms with Crippen LogP contribution in [0.4, 0.5) is 11.4 Å². The number of sulfonamides is 1. The molecule has 8 heteroatoms. The van der Waals surface area contributed by atoms with Crippen LogP contribution in [-0.2, 0) is 10.0 Å². The summed E-state index contributed by atoms with van der Waals surface area (Å²) in [5, 5.41) is 6.73. The summed E-state index contributed by atoms with van der Waals surface area (Å²) in [6, 6.07) is 6.70. The number of nitrogen functional groups attached to an aromatic ring is 1. The predicted molar refractivity (Wildman–Crippen MR) is 75.6 cm³/mol. The Morgan fingerprint density at radius 2 is 2.10 bits per heavy atom. The van der Waals surface area contributed by atoms with Gasteiger partial charge in [-0.2, -0.15) is 5.10 Å². The van der Waals surface area contributed by atoms with Crippen LogP contribution in [0.1, 0.15) is 0 Å². The first kappa shape index (κ1) is 12.4. The third kappa shape index (κ3) is 2.05. The third-order valence-electron chi connectivity index (χ3n) is 2.83. The number of nitrogens with two attached hydrogens (primary N) is 1. The molecule has 0 amide bonds. The van der Waals surface area contributed by atoms with E-state index in [9.17, 15) is 8.42 Å². The van der Waals surface area contributed by atoms with Gasteiger partial charge in [0.1, 0.15) is 4.90 Å². The van der Waals surface area contributed by atoms with Crippen molar-refractivity contribution >= 4 is 32.3 Å². The normalized spacial score (nSPS) is 11.6. The Morgan fingerprint density at radius 3 is 2.85 bits per heavy atom. The van der Waals surface area contributed by atoms with Gasteiger partial charge in [0.05, 0.1) is 23.1 Å². The number of pyridine rings is 1. The molecule has 4 N–H and O–H groups in total. The summed E-state index contributed by atoms with van der Waals surface area (Å²) in [5.41, 5.74) is 7.30. The van der Waals surface area contributed by atoms with Crippen molar-refractivity contribution in [3.8, 4) is 0 Å². The molecule has 2 heterocycles. The number of rotatable bonds is 3. The number of hydrogen-bond donors (Lipinski definition) is 3. The molecular weight excluding hydrogens is 278 g/mol. The van der Waals surface area contributed by atoms with Crippen molar-refractivity contribution in [2.24, 2.45) is 0 Å². The van der Waals surface area contributed by atoms with Gasteiger partial charge in [0.25, 0.3) is 10.0 Å². The molecule has 102 valence electrons. The Morgan fingerprint density at radius 1 is 1.25 bits per heavy atom. The number of benzene rings is 1. The first-order chi connectivity index (χ1) is 9.58. The van der Waals surface area contributed by atoms with Crippen LogP contribution in [0.25, 0.3) is 10.9 Å². The Bertz CT molecular complexity index is 859. The molecule has 0 aliphatic rings. The third-order valence-corrected chi connectivity index (χ3v) is 4.16. The second kappa shape index (κ2) is 4.49. The van der Waals surface area contributed by atoms with Crippen LogP contribution < -0.4 is 10.5 Å². The Hall–Kier alpha value is -2.61. The number of H-pyrrole nitrogens is 1. The van der Waals surface area contributed by atoms with E-state index < -0.39 is 10.0 Å². The lowest BCUT2D eigenvalue weighted by atomic mass is 10.1. The molecule has 0 aliphatic carbocycles. The molecule has 0 fully saturated rings. The van der Waals surface area contributed by atoms with Crippen LogP contribution in [0.5, 0.6) is 0 Å². The van der Waals surface area contributed by atoms with E-state index in [1.54, 1.807) is 30.5 Å². The maximum Gasteiger partial charge on any atom is 0.265 e. The van der Waals surface area contributed by atoms with Crippen LogP contribution in [0.2, 0.25) is 0 Å². The lowest BCUT2D eigenvalue weighted by Gasteiger charge is -2.10. The average molecular weight is 289 g/mol. The van der Waals surface area contributed by atoms with E-state index >= 15 is 0 Å². The molecular formula is C12H11N5O2S. The van der Waals surface area contributed by atoms with Crippen molar-refractivity contribution in [1.82, 2.24) is 15.2 Å². The minimum absolute atomic E-state index is 0.0614. The van der Waals surface area contributed by atoms with Crippen molar-refractivity contribution in [3.63, 3.8) is 0 Å². The number of hydrogen-bond acceptors (Lipinski definition) is 5. The molecule has 3 rings (SSSR count). The first-order valence-electron chi connectivity index (χ1n) is 5.73. The number of aromatic amines is 1. The molecule has 20 heavy (non-hydrogen) atoms. The van der Waals surface area contributed by atoms with Gasteiger partial charge >= 0.3 is 0 Å². The van der Waals surface area contributed by atoms with E-state index in [1.807, 2.05) is 0 Å². The molecule has 0 atom stereocenters. The standard InChI is InChI=1S/C12H11N5O2S/c13-10-3-4-11(9-2-1-5-14-12(9)10)17-20(18,19)8-6-15-16-7-8/h1-7,17H,13H2,(H,15,16). The van der Waals surface area contributed by atoms with Gasteiger partial charge in [0.15, 0.2) is 0 Å². The maximum absolute atomic E-state index is 12.2. The van der Waals surface area contributed by atoms with Crippen LogP contribution in [0.15, 0.2) is 47.8 Å². The van der Waals surface area contributed by atoms with Gasteiger partial charge in [-0.05, 0) is 24.3 Å². The lowest BCUT2D eigenvalue weighted by molar-refractivity contribution is 0.601. The van der Waals surface area contributed by atoms with Crippen molar-refractivity contribution in [1.29, 1.82) is 0 Å². The molecule has 0 unspecified atom stereocenters. The fourth-order valence-corrected chi connectivity index (χ4v) is 2.86. The molecule has 0 bridgehead atoms. The molecule has 0 saturated carbocycles. The van der Waals surface area contributed by atoms with Crippen LogP contribution in [-0.4, -0.2) is 23.6 Å². The highest BCUT2D eigenvalue weighted by Crippen LogP contribution is 2.28. The molecule has 0 radical (unpaired) electrons. The predicted octanol–water partition coefficient (Wildman–Crippen LogP) is 1.34. The zero-order valence-corrected chi connectivity index (χ0v) is 11.1. The zero-order valence-electron chi connectivity index (χ0n) is 10.2. The van der Waals surface area contributed by atoms with Crippen molar-refractivity contribution in [3.05, 3.63) is 42.9 Å². The zero-order chi connectivity index (χ0) is 14.2. The monoisotopic (exact) mass is 289 g/mol. The Balaban J connectivity index is 2.11. The summed E-state index contributed by atoms with van der Waals surface area (Å²) >= 11 is 0. The van der Waals surface area contributed by atoms with Gasteiger partial charge in [-0.15, -0.1) is 0 Å². The van der Waals surface area contributed by atoms with E-state index in [2.05, 4.69) is 19.9 Å². The number of anilines is 2. The molecule has 2 aromatic heterocycles. The summed E-state index contributed by atoms with van der Waals surface area (Å²) in [6.07, 6.45) is 4.15. The van der Waals surface area contributed by atoms with E-state index in [4.69, 9.17) is 5.73 Å². The molecule has 1 aromatic carbocycles. The van der Waals surface area contributed by atoms with Gasteiger partial charge in [-0.25, -0.2) is 8.42 Å². The van der Waals surface area contributed by atoms with E-state index in [1.165, 1.54) is 12.4 Å². The first-order valence-corrected chi connectivity index (χ1v) is 7.21. The fourth-order valence-electron chi connectivity index (χ4n) is 1.87. The van der Waals surface area contributed by atoms with Gasteiger partial charge in [0.2, 0.25) is 0 Å². The topological polar surface area (TPSA) is 114 Å². The molecule has 0 aliphatic heterocycles. The van der Waals surface area contributed by atoms with Gasteiger partial charge in [0, 0.05) is 17.8 Å². The summed E-state index contributed by atoms with van der Waals surface area (Å²) in [6.45, 7) is 0. The summed E-state index contributed by atoms with van der Waals surface area (Å²) in [5.74, 6) is 0. The minimum atomic E-state index is -3.69. The Labute approximate surface area is 114 Å². The second-order valence-corrected chi connectivity index (χ2v) is 5.82. The molecule has 7 nitrogen and oxygen atoms in total. The summed E-state index contributed by atoms with van der Waals surface area (Å²) < 4.78 is 26.8. The van der Waals surface area contributed by atoms with Gasteiger partial charge in [-0.1, -0.05) is 0 Å². The fraction of sp³-hybridized carbons (Fsp3) is 0. The maximum atomic E-state index is 12.2. The summed E-state index contributed by atoms with van der Waals surface area (Å²) in [4.78, 5) is 4.22. The lowest BCUT2D eigenvalue weighted by Crippen LogP contribution is -2.12. The van der Waals surface area contributed by atoms with Crippen molar-refractivity contribution < 1.29 is 8.42 Å². The number of nitrogens with zero attached hydrogens (tertiary/aromatic N) is 2. The molecule has 0 spiro atoms. The molecule has 3 aromatic rings. The highest BCUT2D eigenvalue weighted by atomic mass is 32.2. The van der Waals surface area contributed by atoms with E-state index in [0.717, 1.165) is 0 Å². The molecule has 0 saturated heterocycles. The van der Waals surface area contributed by atoms with E-state index in [0.29, 0.717) is 22.3 Å². The average Bonchev–Trinajstić information content (AvgIpc) is 2.97. The highest BCUT2D eigenvalue weighted by molar-refractivity contribution is 7.92. The van der Waals surface area contributed by atoms with Crippen LogP contribution in [0.3, 0.4) is 0 Å². The van der Waals surface area contributed by atoms with Crippen LogP contribution >= 0.6 is 0 Å². The SMILES string of the molecule is Nc1ccc(NS(=O)(=O)c2cn[nH]c2)c2cccnc12. The number of nitrogens with one attached hydrogen (secondary N) is 2. The van der Waals surface area contributed by atoms with Gasteiger partial charge in [-0.3, -0.25) is 14.8 Å². The summed E-state index contributed by atoms with van der Waals surface area (Å²) in [7, 11) is -3.69. The van der Waals surface area contributed by atoms with E-state index in [-0.39, 0.29) is 4.90 Å². The quantitative estimate of drug-likeness (QED) is 0.630. The van der Waals surface area contributed by atoms with Gasteiger partial charge < -0.3 is 5.73 Å². The minimum Gasteiger partial charge on any atom is -0.397 e. The second-order valence-electron chi connectivity index (χ2n) is 4.14. The van der Waals surface area contributed by atoms with Crippen molar-refractivity contribution in [2.45, 2.75) is 4.90 Å². The van der Waals surface area contributed by atoms with Crippen LogP contribution in [0, 0.1) is 0 Å². The van der Waals surface area contributed by atoms with Crippen molar-refractivity contribution in [2.75, 3.05) is 10.5 Å². The Kier molecular flexibility index (Phi) is 2.79. The largest absolute Gasteiger partial charge is 0.397 e. The smallest absolute Gasteiger partial charge is 0.265 e. The number of aromatic nitrogens is 3. The number of fused-ring (bicyclic) bond motifs is 1. The highest BCUT2D eigenvalue weighted by Gasteiger charge is 2.17.